The molecule has 0 aliphatic rings. The van der Waals surface area contributed by atoms with Gasteiger partial charge < -0.3 is 9.73 Å². The Labute approximate surface area is 115 Å². The number of hydrogen-bond acceptors (Lipinski definition) is 4. The van der Waals surface area contributed by atoms with Gasteiger partial charge in [0.15, 0.2) is 0 Å². The van der Waals surface area contributed by atoms with Crippen LogP contribution in [0.2, 0.25) is 0 Å². The highest BCUT2D eigenvalue weighted by atomic mass is 32.2. The first-order valence-corrected chi connectivity index (χ1v) is 8.29. The van der Waals surface area contributed by atoms with Crippen molar-refractivity contribution >= 4 is 10.0 Å². The van der Waals surface area contributed by atoms with Crippen LogP contribution in [0, 0.1) is 0 Å². The van der Waals surface area contributed by atoms with Gasteiger partial charge in [-0.3, -0.25) is 0 Å². The molecule has 0 bridgehead atoms. The van der Waals surface area contributed by atoms with E-state index in [1.165, 1.54) is 6.07 Å². The molecule has 1 atom stereocenters. The first kappa shape index (κ1) is 16.2. The molecule has 0 aliphatic heterocycles. The molecule has 2 N–H and O–H groups in total. The average Bonchev–Trinajstić information content (AvgIpc) is 2.78. The Kier molecular flexibility index (Phi) is 6.54. The Bertz CT molecular complexity index is 468. The molecule has 0 aromatic carbocycles. The van der Waals surface area contributed by atoms with Crippen LogP contribution in [0.25, 0.3) is 0 Å². The summed E-state index contributed by atoms with van der Waals surface area (Å²) < 4.78 is 32.0. The zero-order valence-corrected chi connectivity index (χ0v) is 12.7. The Balaban J connectivity index is 2.63. The van der Waals surface area contributed by atoms with Gasteiger partial charge in [-0.2, -0.15) is 0 Å². The highest BCUT2D eigenvalue weighted by Gasteiger charge is 2.20. The van der Waals surface area contributed by atoms with Crippen molar-refractivity contribution in [3.8, 4) is 0 Å². The third-order valence-corrected chi connectivity index (χ3v) is 4.17. The molecule has 1 aromatic heterocycles. The zero-order valence-electron chi connectivity index (χ0n) is 11.9. The van der Waals surface area contributed by atoms with Crippen LogP contribution in [-0.4, -0.2) is 21.0 Å². The van der Waals surface area contributed by atoms with Gasteiger partial charge in [-0.05, 0) is 38.4 Å². The van der Waals surface area contributed by atoms with E-state index in [2.05, 4.69) is 17.0 Å². The maximum Gasteiger partial charge on any atom is 0.274 e. The van der Waals surface area contributed by atoms with Crippen molar-refractivity contribution in [1.82, 2.24) is 10.0 Å². The van der Waals surface area contributed by atoms with Crippen LogP contribution in [0.1, 0.15) is 45.8 Å². The molecular weight excluding hydrogens is 264 g/mol. The van der Waals surface area contributed by atoms with E-state index in [4.69, 9.17) is 4.42 Å². The highest BCUT2D eigenvalue weighted by Crippen LogP contribution is 2.14. The molecule has 110 valence electrons. The Hall–Kier alpha value is -0.850. The predicted octanol–water partition coefficient (Wildman–Crippen LogP) is 2.25. The molecule has 6 heteroatoms. The smallest absolute Gasteiger partial charge is 0.274 e. The van der Waals surface area contributed by atoms with E-state index in [1.807, 2.05) is 13.8 Å². The van der Waals surface area contributed by atoms with Crippen LogP contribution in [0.3, 0.4) is 0 Å². The van der Waals surface area contributed by atoms with Crippen molar-refractivity contribution in [3.63, 3.8) is 0 Å². The second-order valence-electron chi connectivity index (χ2n) is 4.71. The monoisotopic (exact) mass is 288 g/mol. The second kappa shape index (κ2) is 7.67. The number of furan rings is 1. The predicted molar refractivity (Wildman–Crippen MR) is 75.4 cm³/mol. The third-order valence-electron chi connectivity index (χ3n) is 2.71. The lowest BCUT2D eigenvalue weighted by Gasteiger charge is -2.11. The summed E-state index contributed by atoms with van der Waals surface area (Å²) in [5.41, 5.74) is 0. The van der Waals surface area contributed by atoms with Gasteiger partial charge in [0.2, 0.25) is 5.09 Å². The van der Waals surface area contributed by atoms with Crippen LogP contribution in [-0.2, 0) is 16.6 Å². The van der Waals surface area contributed by atoms with E-state index in [-0.39, 0.29) is 11.1 Å². The van der Waals surface area contributed by atoms with Crippen LogP contribution in [0.5, 0.6) is 0 Å². The Morgan fingerprint density at radius 1 is 1.26 bits per heavy atom. The summed E-state index contributed by atoms with van der Waals surface area (Å²) in [5.74, 6) is 0.636. The molecule has 0 saturated carbocycles. The molecule has 0 spiro atoms. The van der Waals surface area contributed by atoms with Crippen LogP contribution in [0.15, 0.2) is 21.6 Å². The molecular formula is C13H24N2O3S. The first-order chi connectivity index (χ1) is 8.99. The molecule has 0 saturated heterocycles. The summed E-state index contributed by atoms with van der Waals surface area (Å²) in [7, 11) is -3.54. The summed E-state index contributed by atoms with van der Waals surface area (Å²) in [4.78, 5) is 0. The maximum absolute atomic E-state index is 12.0. The van der Waals surface area contributed by atoms with E-state index in [0.29, 0.717) is 12.3 Å². The minimum atomic E-state index is -3.54. The molecule has 1 heterocycles. The molecule has 1 unspecified atom stereocenters. The fourth-order valence-corrected chi connectivity index (χ4v) is 3.03. The molecule has 0 aliphatic carbocycles. The lowest BCUT2D eigenvalue weighted by molar-refractivity contribution is 0.397. The standard InChI is InChI=1S/C13H24N2O3S/c1-4-6-11(3)15-19(16,17)13-8-7-12(18-13)10-14-9-5-2/h7-8,11,14-15H,4-6,9-10H2,1-3H3. The highest BCUT2D eigenvalue weighted by molar-refractivity contribution is 7.89. The summed E-state index contributed by atoms with van der Waals surface area (Å²) >= 11 is 0. The number of sulfonamides is 1. The third kappa shape index (κ3) is 5.34. The van der Waals surface area contributed by atoms with Gasteiger partial charge >= 0.3 is 0 Å². The summed E-state index contributed by atoms with van der Waals surface area (Å²) in [6, 6.07) is 3.12. The van der Waals surface area contributed by atoms with E-state index in [1.54, 1.807) is 6.07 Å². The van der Waals surface area contributed by atoms with E-state index in [9.17, 15) is 8.42 Å². The van der Waals surface area contributed by atoms with Crippen LogP contribution >= 0.6 is 0 Å². The molecule has 5 nitrogen and oxygen atoms in total. The van der Waals surface area contributed by atoms with Gasteiger partial charge in [0, 0.05) is 6.04 Å². The van der Waals surface area contributed by atoms with Gasteiger partial charge in [-0.1, -0.05) is 20.3 Å². The zero-order chi connectivity index (χ0) is 14.3. The Morgan fingerprint density at radius 3 is 2.63 bits per heavy atom. The van der Waals surface area contributed by atoms with Gasteiger partial charge in [-0.25, -0.2) is 13.1 Å². The Morgan fingerprint density at radius 2 is 2.00 bits per heavy atom. The molecule has 0 fully saturated rings. The van der Waals surface area contributed by atoms with Gasteiger partial charge in [0.05, 0.1) is 6.54 Å². The van der Waals surface area contributed by atoms with Gasteiger partial charge in [0.25, 0.3) is 10.0 Å². The van der Waals surface area contributed by atoms with Crippen molar-refractivity contribution in [3.05, 3.63) is 17.9 Å². The number of hydrogen-bond donors (Lipinski definition) is 2. The van der Waals surface area contributed by atoms with Crippen LogP contribution < -0.4 is 10.0 Å². The lowest BCUT2D eigenvalue weighted by Crippen LogP contribution is -2.32. The van der Waals surface area contributed by atoms with Crippen molar-refractivity contribution in [1.29, 1.82) is 0 Å². The van der Waals surface area contributed by atoms with E-state index in [0.717, 1.165) is 25.8 Å². The van der Waals surface area contributed by atoms with Gasteiger partial charge in [-0.15, -0.1) is 0 Å². The lowest BCUT2D eigenvalue weighted by atomic mass is 10.2. The quantitative estimate of drug-likeness (QED) is 0.684. The minimum Gasteiger partial charge on any atom is -0.447 e. The van der Waals surface area contributed by atoms with Crippen molar-refractivity contribution in [2.45, 2.75) is 57.7 Å². The average molecular weight is 288 g/mol. The normalized spacial score (nSPS) is 13.6. The maximum atomic E-state index is 12.0. The van der Waals surface area contributed by atoms with E-state index >= 15 is 0 Å². The summed E-state index contributed by atoms with van der Waals surface area (Å²) in [6.45, 7) is 7.38. The molecule has 0 radical (unpaired) electrons. The summed E-state index contributed by atoms with van der Waals surface area (Å²) in [6.07, 6.45) is 2.78. The summed E-state index contributed by atoms with van der Waals surface area (Å²) in [5, 5.41) is 3.16. The fraction of sp³-hybridized carbons (Fsp3) is 0.692. The SMILES string of the molecule is CCCNCc1ccc(S(=O)(=O)NC(C)CCC)o1. The van der Waals surface area contributed by atoms with E-state index < -0.39 is 10.0 Å². The second-order valence-corrected chi connectivity index (χ2v) is 6.35. The molecule has 1 rings (SSSR count). The molecule has 0 amide bonds. The van der Waals surface area contributed by atoms with Crippen molar-refractivity contribution < 1.29 is 12.8 Å². The molecule has 1 aromatic rings. The number of rotatable bonds is 9. The fourth-order valence-electron chi connectivity index (χ4n) is 1.80. The van der Waals surface area contributed by atoms with Gasteiger partial charge in [0.1, 0.15) is 5.76 Å². The first-order valence-electron chi connectivity index (χ1n) is 6.81. The van der Waals surface area contributed by atoms with Crippen molar-refractivity contribution in [2.75, 3.05) is 6.54 Å². The topological polar surface area (TPSA) is 71.3 Å². The minimum absolute atomic E-state index is 0.0104. The van der Waals surface area contributed by atoms with Crippen LogP contribution in [0.4, 0.5) is 0 Å². The number of nitrogens with one attached hydrogen (secondary N) is 2. The molecule has 19 heavy (non-hydrogen) atoms. The van der Waals surface area contributed by atoms with Crippen molar-refractivity contribution in [2.24, 2.45) is 0 Å². The largest absolute Gasteiger partial charge is 0.447 e.